The first-order valence-electron chi connectivity index (χ1n) is 8.23. The van der Waals surface area contributed by atoms with Crippen molar-refractivity contribution < 1.29 is 23.5 Å². The lowest BCUT2D eigenvalue weighted by Gasteiger charge is -2.31. The Labute approximate surface area is 144 Å². The number of hydrogen-bond donors (Lipinski definition) is 1. The van der Waals surface area contributed by atoms with E-state index >= 15 is 0 Å². The van der Waals surface area contributed by atoms with E-state index in [1.54, 1.807) is 29.2 Å². The largest absolute Gasteiger partial charge is 0.472 e. The molecule has 2 aromatic rings. The van der Waals surface area contributed by atoms with Crippen LogP contribution in [0.4, 0.5) is 5.69 Å². The Morgan fingerprint density at radius 1 is 1.08 bits per heavy atom. The van der Waals surface area contributed by atoms with Crippen LogP contribution >= 0.6 is 0 Å². The van der Waals surface area contributed by atoms with E-state index in [9.17, 15) is 9.59 Å². The second kappa shape index (κ2) is 6.51. The first-order valence-corrected chi connectivity index (χ1v) is 8.23. The highest BCUT2D eigenvalue weighted by Crippen LogP contribution is 2.34. The highest BCUT2D eigenvalue weighted by atomic mass is 16.7. The summed E-state index contributed by atoms with van der Waals surface area (Å²) in [6, 6.07) is 6.99. The van der Waals surface area contributed by atoms with Crippen LogP contribution in [0.3, 0.4) is 0 Å². The number of anilines is 1. The number of carbonyl (C=O) groups excluding carboxylic acids is 2. The number of likely N-dealkylation sites (tertiary alicyclic amines) is 1. The minimum absolute atomic E-state index is 0.0331. The van der Waals surface area contributed by atoms with Gasteiger partial charge in [-0.25, -0.2) is 0 Å². The second-order valence-corrected chi connectivity index (χ2v) is 6.14. The maximum Gasteiger partial charge on any atom is 0.257 e. The molecule has 4 rings (SSSR count). The Hall–Kier alpha value is -2.96. The van der Waals surface area contributed by atoms with Gasteiger partial charge >= 0.3 is 0 Å². The highest BCUT2D eigenvalue weighted by Gasteiger charge is 2.28. The summed E-state index contributed by atoms with van der Waals surface area (Å²) in [5.41, 5.74) is 1.23. The molecule has 3 heterocycles. The van der Waals surface area contributed by atoms with E-state index in [4.69, 9.17) is 13.9 Å². The van der Waals surface area contributed by atoms with Gasteiger partial charge in [0.15, 0.2) is 11.5 Å². The monoisotopic (exact) mass is 342 g/mol. The van der Waals surface area contributed by atoms with Gasteiger partial charge in [0.25, 0.3) is 5.91 Å². The quantitative estimate of drug-likeness (QED) is 0.927. The van der Waals surface area contributed by atoms with Crippen LogP contribution in [-0.4, -0.2) is 36.6 Å². The van der Waals surface area contributed by atoms with Crippen LogP contribution in [0.1, 0.15) is 23.2 Å². The third kappa shape index (κ3) is 3.17. The summed E-state index contributed by atoms with van der Waals surface area (Å²) in [7, 11) is 0. The molecule has 0 saturated carbocycles. The van der Waals surface area contributed by atoms with Crippen molar-refractivity contribution in [2.45, 2.75) is 12.8 Å². The van der Waals surface area contributed by atoms with E-state index in [0.717, 1.165) is 0 Å². The van der Waals surface area contributed by atoms with Crippen LogP contribution in [0, 0.1) is 5.92 Å². The summed E-state index contributed by atoms with van der Waals surface area (Å²) in [5, 5.41) is 2.92. The molecule has 2 aliphatic rings. The van der Waals surface area contributed by atoms with Crippen molar-refractivity contribution in [3.63, 3.8) is 0 Å². The van der Waals surface area contributed by atoms with E-state index in [1.807, 2.05) is 0 Å². The van der Waals surface area contributed by atoms with Crippen LogP contribution in [0.15, 0.2) is 41.2 Å². The molecule has 1 saturated heterocycles. The third-order valence-corrected chi connectivity index (χ3v) is 4.56. The second-order valence-electron chi connectivity index (χ2n) is 6.14. The van der Waals surface area contributed by atoms with E-state index in [0.29, 0.717) is 48.7 Å². The molecule has 25 heavy (non-hydrogen) atoms. The molecule has 0 spiro atoms. The molecule has 2 amide bonds. The Kier molecular flexibility index (Phi) is 4.05. The number of ether oxygens (including phenoxy) is 2. The molecule has 7 heteroatoms. The minimum atomic E-state index is -0.112. The van der Waals surface area contributed by atoms with Gasteiger partial charge in [-0.1, -0.05) is 0 Å². The standard InChI is InChI=1S/C18H18N2O5/c21-17(19-14-1-2-15-16(9-14)25-11-24-15)12-3-6-20(7-4-12)18(22)13-5-8-23-10-13/h1-2,5,8-10,12H,3-4,6-7,11H2,(H,19,21). The zero-order valence-corrected chi connectivity index (χ0v) is 13.6. The summed E-state index contributed by atoms with van der Waals surface area (Å²) >= 11 is 0. The molecule has 1 fully saturated rings. The number of carbonyl (C=O) groups is 2. The van der Waals surface area contributed by atoms with Gasteiger partial charge in [0, 0.05) is 30.8 Å². The van der Waals surface area contributed by atoms with Gasteiger partial charge < -0.3 is 24.1 Å². The summed E-state index contributed by atoms with van der Waals surface area (Å²) in [6.45, 7) is 1.32. The van der Waals surface area contributed by atoms with Crippen molar-refractivity contribution in [2.24, 2.45) is 5.92 Å². The number of piperidine rings is 1. The average molecular weight is 342 g/mol. The fraction of sp³-hybridized carbons (Fsp3) is 0.333. The Morgan fingerprint density at radius 2 is 1.88 bits per heavy atom. The number of rotatable bonds is 3. The zero-order valence-electron chi connectivity index (χ0n) is 13.6. The lowest BCUT2D eigenvalue weighted by molar-refractivity contribution is -0.121. The van der Waals surface area contributed by atoms with Crippen molar-refractivity contribution in [1.82, 2.24) is 4.90 Å². The maximum atomic E-state index is 12.5. The van der Waals surface area contributed by atoms with Crippen LogP contribution < -0.4 is 14.8 Å². The topological polar surface area (TPSA) is 81.0 Å². The number of nitrogens with one attached hydrogen (secondary N) is 1. The van der Waals surface area contributed by atoms with Gasteiger partial charge in [-0.3, -0.25) is 9.59 Å². The molecule has 0 atom stereocenters. The number of fused-ring (bicyclic) bond motifs is 1. The van der Waals surface area contributed by atoms with Crippen molar-refractivity contribution in [1.29, 1.82) is 0 Å². The number of hydrogen-bond acceptors (Lipinski definition) is 5. The molecule has 130 valence electrons. The summed E-state index contributed by atoms with van der Waals surface area (Å²) in [4.78, 5) is 26.5. The number of amides is 2. The molecule has 1 N–H and O–H groups in total. The lowest BCUT2D eigenvalue weighted by Crippen LogP contribution is -2.41. The van der Waals surface area contributed by atoms with Crippen LogP contribution in [0.25, 0.3) is 0 Å². The third-order valence-electron chi connectivity index (χ3n) is 4.56. The van der Waals surface area contributed by atoms with Crippen molar-refractivity contribution in [3.05, 3.63) is 42.4 Å². The zero-order chi connectivity index (χ0) is 17.2. The molecule has 2 aliphatic heterocycles. The van der Waals surface area contributed by atoms with E-state index in [1.165, 1.54) is 12.5 Å². The van der Waals surface area contributed by atoms with Crippen LogP contribution in [-0.2, 0) is 4.79 Å². The van der Waals surface area contributed by atoms with E-state index in [-0.39, 0.29) is 24.5 Å². The normalized spacial score (nSPS) is 16.7. The lowest BCUT2D eigenvalue weighted by atomic mass is 9.95. The summed E-state index contributed by atoms with van der Waals surface area (Å²) in [6.07, 6.45) is 4.21. The van der Waals surface area contributed by atoms with E-state index in [2.05, 4.69) is 5.32 Å². The average Bonchev–Trinajstić information content (AvgIpc) is 3.32. The fourth-order valence-corrected chi connectivity index (χ4v) is 3.13. The SMILES string of the molecule is O=C(Nc1ccc2c(c1)OCO2)C1CCN(C(=O)c2ccoc2)CC1. The molecule has 0 aliphatic carbocycles. The van der Waals surface area contributed by atoms with Crippen molar-refractivity contribution in [3.8, 4) is 11.5 Å². The molecule has 0 unspecified atom stereocenters. The maximum absolute atomic E-state index is 12.5. The van der Waals surface area contributed by atoms with Gasteiger partial charge in [-0.05, 0) is 31.0 Å². The van der Waals surface area contributed by atoms with Crippen LogP contribution in [0.2, 0.25) is 0 Å². The molecular formula is C18H18N2O5. The Bertz CT molecular complexity index is 779. The molecule has 7 nitrogen and oxygen atoms in total. The summed E-state index contributed by atoms with van der Waals surface area (Å²) in [5.74, 6) is 1.12. The molecule has 0 bridgehead atoms. The molecule has 1 aromatic heterocycles. The predicted octanol–water partition coefficient (Wildman–Crippen LogP) is 2.50. The predicted molar refractivity (Wildman–Crippen MR) is 88.5 cm³/mol. The molecular weight excluding hydrogens is 324 g/mol. The molecule has 0 radical (unpaired) electrons. The van der Waals surface area contributed by atoms with Gasteiger partial charge in [-0.15, -0.1) is 0 Å². The minimum Gasteiger partial charge on any atom is -0.472 e. The Balaban J connectivity index is 1.33. The van der Waals surface area contributed by atoms with Gasteiger partial charge in [-0.2, -0.15) is 0 Å². The van der Waals surface area contributed by atoms with E-state index < -0.39 is 0 Å². The van der Waals surface area contributed by atoms with Crippen molar-refractivity contribution >= 4 is 17.5 Å². The van der Waals surface area contributed by atoms with Crippen molar-refractivity contribution in [2.75, 3.05) is 25.2 Å². The number of furan rings is 1. The smallest absolute Gasteiger partial charge is 0.257 e. The summed E-state index contributed by atoms with van der Waals surface area (Å²) < 4.78 is 15.5. The Morgan fingerprint density at radius 3 is 2.64 bits per heavy atom. The highest BCUT2D eigenvalue weighted by molar-refractivity contribution is 5.95. The fourth-order valence-electron chi connectivity index (χ4n) is 3.13. The van der Waals surface area contributed by atoms with Crippen LogP contribution in [0.5, 0.6) is 11.5 Å². The first-order chi connectivity index (χ1) is 12.2. The molecule has 1 aromatic carbocycles. The van der Waals surface area contributed by atoms with Gasteiger partial charge in [0.05, 0.1) is 11.8 Å². The first kappa shape index (κ1) is 15.6. The number of nitrogens with zero attached hydrogens (tertiary/aromatic N) is 1. The van der Waals surface area contributed by atoms with Gasteiger partial charge in [0.2, 0.25) is 12.7 Å². The van der Waals surface area contributed by atoms with Gasteiger partial charge in [0.1, 0.15) is 6.26 Å². The number of benzene rings is 1.